The highest BCUT2D eigenvalue weighted by atomic mass is 35.5. The van der Waals surface area contributed by atoms with E-state index in [4.69, 9.17) is 17.3 Å². The Labute approximate surface area is 127 Å². The Morgan fingerprint density at radius 1 is 1.14 bits per heavy atom. The maximum Gasteiger partial charge on any atom is 0.250 e. The van der Waals surface area contributed by atoms with Crippen molar-refractivity contribution in [3.8, 4) is 5.75 Å². The van der Waals surface area contributed by atoms with E-state index in [1.807, 2.05) is 6.07 Å². The molecule has 0 saturated carbocycles. The summed E-state index contributed by atoms with van der Waals surface area (Å²) in [4.78, 5) is 23.2. The van der Waals surface area contributed by atoms with E-state index in [1.54, 1.807) is 18.2 Å². The lowest BCUT2D eigenvalue weighted by molar-refractivity contribution is 0.0977. The van der Waals surface area contributed by atoms with Crippen LogP contribution in [0.15, 0.2) is 42.5 Å². The molecule has 4 nitrogen and oxygen atoms in total. The molecule has 0 spiro atoms. The van der Waals surface area contributed by atoms with Crippen LogP contribution in [0.1, 0.15) is 32.7 Å². The Morgan fingerprint density at radius 2 is 1.90 bits per heavy atom. The second-order valence-electron chi connectivity index (χ2n) is 4.65. The average Bonchev–Trinajstić information content (AvgIpc) is 2.44. The maximum absolute atomic E-state index is 12.1. The smallest absolute Gasteiger partial charge is 0.250 e. The van der Waals surface area contributed by atoms with Gasteiger partial charge in [0, 0.05) is 12.0 Å². The lowest BCUT2D eigenvalue weighted by Crippen LogP contribution is -2.12. The number of aromatic hydroxyl groups is 1. The number of Topliss-reactive ketones (excluding diaryl/α,β-unsaturated/α-hetero) is 1. The second-order valence-corrected chi connectivity index (χ2v) is 5.06. The van der Waals surface area contributed by atoms with E-state index in [-0.39, 0.29) is 28.5 Å². The summed E-state index contributed by atoms with van der Waals surface area (Å²) in [6.45, 7) is 0. The number of halogens is 1. The topological polar surface area (TPSA) is 80.4 Å². The summed E-state index contributed by atoms with van der Waals surface area (Å²) in [7, 11) is 0. The van der Waals surface area contributed by atoms with Crippen LogP contribution < -0.4 is 5.73 Å². The number of benzene rings is 2. The largest absolute Gasteiger partial charge is 0.508 e. The molecule has 0 aromatic heterocycles. The molecule has 0 aliphatic heterocycles. The van der Waals surface area contributed by atoms with Crippen LogP contribution in [0, 0.1) is 0 Å². The number of ketones is 1. The second kappa shape index (κ2) is 6.41. The molecule has 0 fully saturated rings. The molecule has 2 aromatic carbocycles. The van der Waals surface area contributed by atoms with Crippen LogP contribution in [-0.2, 0) is 6.42 Å². The summed E-state index contributed by atoms with van der Waals surface area (Å²) >= 11 is 5.92. The van der Waals surface area contributed by atoms with Crippen molar-refractivity contribution < 1.29 is 14.7 Å². The molecule has 0 saturated heterocycles. The molecule has 0 unspecified atom stereocenters. The van der Waals surface area contributed by atoms with Gasteiger partial charge in [-0.3, -0.25) is 9.59 Å². The van der Waals surface area contributed by atoms with Crippen molar-refractivity contribution in [3.05, 3.63) is 64.2 Å². The van der Waals surface area contributed by atoms with Crippen molar-refractivity contribution in [1.82, 2.24) is 0 Å². The predicted molar refractivity (Wildman–Crippen MR) is 80.7 cm³/mol. The van der Waals surface area contributed by atoms with E-state index in [0.717, 1.165) is 5.56 Å². The first kappa shape index (κ1) is 15.1. The zero-order valence-corrected chi connectivity index (χ0v) is 11.9. The van der Waals surface area contributed by atoms with E-state index >= 15 is 0 Å². The molecular weight excluding hydrogens is 290 g/mol. The van der Waals surface area contributed by atoms with Crippen molar-refractivity contribution in [1.29, 1.82) is 0 Å². The number of hydrogen-bond acceptors (Lipinski definition) is 3. The molecule has 0 aliphatic rings. The van der Waals surface area contributed by atoms with Gasteiger partial charge in [-0.05, 0) is 36.2 Å². The number of phenols is 1. The standard InChI is InChI=1S/C16H14ClNO3/c17-14-9-11(5-6-13(14)16(18)21)15(20)7-4-10-2-1-3-12(19)8-10/h1-3,5-6,8-9,19H,4,7H2,(H2,18,21). The molecule has 21 heavy (non-hydrogen) atoms. The predicted octanol–water partition coefficient (Wildman–Crippen LogP) is 2.96. The zero-order valence-electron chi connectivity index (χ0n) is 11.2. The van der Waals surface area contributed by atoms with E-state index in [1.165, 1.54) is 18.2 Å². The fourth-order valence-corrected chi connectivity index (χ4v) is 2.28. The lowest BCUT2D eigenvalue weighted by Gasteiger charge is -2.05. The Balaban J connectivity index is 2.07. The first-order valence-electron chi connectivity index (χ1n) is 6.38. The van der Waals surface area contributed by atoms with Crippen molar-refractivity contribution >= 4 is 23.3 Å². The Morgan fingerprint density at radius 3 is 2.52 bits per heavy atom. The molecule has 0 radical (unpaired) electrons. The van der Waals surface area contributed by atoms with Gasteiger partial charge in [-0.25, -0.2) is 0 Å². The maximum atomic E-state index is 12.1. The SMILES string of the molecule is NC(=O)c1ccc(C(=O)CCc2cccc(O)c2)cc1Cl. The summed E-state index contributed by atoms with van der Waals surface area (Å²) in [6, 6.07) is 11.2. The summed E-state index contributed by atoms with van der Waals surface area (Å²) in [6.07, 6.45) is 0.804. The zero-order chi connectivity index (χ0) is 15.4. The van der Waals surface area contributed by atoms with E-state index < -0.39 is 5.91 Å². The van der Waals surface area contributed by atoms with Crippen LogP contribution in [0.2, 0.25) is 5.02 Å². The first-order chi connectivity index (χ1) is 9.97. The molecule has 0 heterocycles. The van der Waals surface area contributed by atoms with Gasteiger partial charge < -0.3 is 10.8 Å². The third-order valence-electron chi connectivity index (χ3n) is 3.11. The molecule has 2 aromatic rings. The number of primary amides is 1. The molecule has 0 aliphatic carbocycles. The van der Waals surface area contributed by atoms with Crippen molar-refractivity contribution in [2.45, 2.75) is 12.8 Å². The third kappa shape index (κ3) is 3.83. The number of phenolic OH excluding ortho intramolecular Hbond substituents is 1. The van der Waals surface area contributed by atoms with Gasteiger partial charge in [-0.1, -0.05) is 29.8 Å². The van der Waals surface area contributed by atoms with Gasteiger partial charge in [0.05, 0.1) is 10.6 Å². The molecule has 0 bridgehead atoms. The number of amides is 1. The normalized spacial score (nSPS) is 10.3. The number of rotatable bonds is 5. The fraction of sp³-hybridized carbons (Fsp3) is 0.125. The van der Waals surface area contributed by atoms with Gasteiger partial charge >= 0.3 is 0 Å². The highest BCUT2D eigenvalue weighted by Crippen LogP contribution is 2.19. The number of hydrogen-bond donors (Lipinski definition) is 2. The number of carbonyl (C=O) groups is 2. The van der Waals surface area contributed by atoms with Crippen LogP contribution in [0.4, 0.5) is 0 Å². The minimum atomic E-state index is -0.626. The summed E-state index contributed by atoms with van der Waals surface area (Å²) in [5.74, 6) is -0.538. The number of nitrogens with two attached hydrogens (primary N) is 1. The number of carbonyl (C=O) groups excluding carboxylic acids is 2. The lowest BCUT2D eigenvalue weighted by atomic mass is 10.0. The molecule has 3 N–H and O–H groups in total. The highest BCUT2D eigenvalue weighted by molar-refractivity contribution is 6.34. The monoisotopic (exact) mass is 303 g/mol. The van der Waals surface area contributed by atoms with Gasteiger partial charge in [0.15, 0.2) is 5.78 Å². The third-order valence-corrected chi connectivity index (χ3v) is 3.42. The van der Waals surface area contributed by atoms with Crippen LogP contribution in [0.3, 0.4) is 0 Å². The quantitative estimate of drug-likeness (QED) is 0.833. The molecular formula is C16H14ClNO3. The Bertz CT molecular complexity index is 698. The van der Waals surface area contributed by atoms with Crippen LogP contribution in [0.25, 0.3) is 0 Å². The van der Waals surface area contributed by atoms with Gasteiger partial charge in [-0.2, -0.15) is 0 Å². The first-order valence-corrected chi connectivity index (χ1v) is 6.75. The minimum Gasteiger partial charge on any atom is -0.508 e. The minimum absolute atomic E-state index is 0.0868. The van der Waals surface area contributed by atoms with Crippen LogP contribution in [0.5, 0.6) is 5.75 Å². The van der Waals surface area contributed by atoms with E-state index in [9.17, 15) is 14.7 Å². The van der Waals surface area contributed by atoms with Gasteiger partial charge in [-0.15, -0.1) is 0 Å². The summed E-state index contributed by atoms with van der Waals surface area (Å²) in [5, 5.41) is 9.54. The van der Waals surface area contributed by atoms with Crippen molar-refractivity contribution in [3.63, 3.8) is 0 Å². The van der Waals surface area contributed by atoms with E-state index in [0.29, 0.717) is 12.0 Å². The summed E-state index contributed by atoms with van der Waals surface area (Å²) < 4.78 is 0. The van der Waals surface area contributed by atoms with Crippen LogP contribution >= 0.6 is 11.6 Å². The Kier molecular flexibility index (Phi) is 4.60. The molecule has 0 atom stereocenters. The van der Waals surface area contributed by atoms with Gasteiger partial charge in [0.1, 0.15) is 5.75 Å². The fourth-order valence-electron chi connectivity index (χ4n) is 2.00. The molecule has 108 valence electrons. The van der Waals surface area contributed by atoms with Crippen molar-refractivity contribution in [2.24, 2.45) is 5.73 Å². The number of aryl methyl sites for hydroxylation is 1. The average molecular weight is 304 g/mol. The van der Waals surface area contributed by atoms with Gasteiger partial charge in [0.2, 0.25) is 5.91 Å². The summed E-state index contributed by atoms with van der Waals surface area (Å²) in [5.41, 5.74) is 6.67. The molecule has 1 amide bonds. The Hall–Kier alpha value is -2.33. The molecule has 2 rings (SSSR count). The highest BCUT2D eigenvalue weighted by Gasteiger charge is 2.11. The van der Waals surface area contributed by atoms with Crippen molar-refractivity contribution in [2.75, 3.05) is 0 Å². The molecule has 5 heteroatoms. The van der Waals surface area contributed by atoms with Gasteiger partial charge in [0.25, 0.3) is 0 Å². The van der Waals surface area contributed by atoms with Crippen LogP contribution in [-0.4, -0.2) is 16.8 Å². The van der Waals surface area contributed by atoms with E-state index in [2.05, 4.69) is 0 Å².